The summed E-state index contributed by atoms with van der Waals surface area (Å²) >= 11 is 0. The van der Waals surface area contributed by atoms with E-state index in [0.29, 0.717) is 6.42 Å². The van der Waals surface area contributed by atoms with Gasteiger partial charge in [0.05, 0.1) is 6.04 Å². The lowest BCUT2D eigenvalue weighted by Crippen LogP contribution is -2.30. The van der Waals surface area contributed by atoms with E-state index in [9.17, 15) is 0 Å². The molecule has 0 saturated heterocycles. The number of nitrogens with zero attached hydrogens (tertiary/aromatic N) is 3. The van der Waals surface area contributed by atoms with Gasteiger partial charge in [-0.2, -0.15) is 5.10 Å². The number of aromatic nitrogens is 3. The predicted molar refractivity (Wildman–Crippen MR) is 67.6 cm³/mol. The van der Waals surface area contributed by atoms with Crippen LogP contribution < -0.4 is 11.3 Å². The van der Waals surface area contributed by atoms with Crippen LogP contribution in [0.1, 0.15) is 35.9 Å². The molecule has 2 heterocycles. The number of hydrogen-bond donors (Lipinski definition) is 2. The molecule has 0 aromatic carbocycles. The molecular formula is C12H19N5O. The molecule has 0 fully saturated rings. The second-order valence-corrected chi connectivity index (χ2v) is 4.28. The zero-order valence-electron chi connectivity index (χ0n) is 11.0. The van der Waals surface area contributed by atoms with Crippen molar-refractivity contribution in [2.24, 2.45) is 5.84 Å². The fourth-order valence-corrected chi connectivity index (χ4v) is 2.15. The summed E-state index contributed by atoms with van der Waals surface area (Å²) in [4.78, 5) is 4.26. The van der Waals surface area contributed by atoms with Crippen LogP contribution in [-0.4, -0.2) is 14.8 Å². The molecule has 98 valence electrons. The van der Waals surface area contributed by atoms with Crippen LogP contribution >= 0.6 is 0 Å². The number of furan rings is 1. The molecular weight excluding hydrogens is 230 g/mol. The Labute approximate surface area is 106 Å². The molecule has 1 unspecified atom stereocenters. The zero-order valence-corrected chi connectivity index (χ0v) is 11.0. The highest BCUT2D eigenvalue weighted by molar-refractivity contribution is 5.24. The van der Waals surface area contributed by atoms with Crippen molar-refractivity contribution in [2.75, 3.05) is 0 Å². The van der Waals surface area contributed by atoms with Crippen molar-refractivity contribution in [1.82, 2.24) is 20.2 Å². The fraction of sp³-hybridized carbons (Fsp3) is 0.500. The van der Waals surface area contributed by atoms with Crippen LogP contribution in [0.25, 0.3) is 0 Å². The Kier molecular flexibility index (Phi) is 3.78. The van der Waals surface area contributed by atoms with Gasteiger partial charge in [0.15, 0.2) is 0 Å². The molecule has 6 heteroatoms. The average Bonchev–Trinajstić information content (AvgIpc) is 2.92. The second kappa shape index (κ2) is 5.32. The van der Waals surface area contributed by atoms with E-state index in [-0.39, 0.29) is 6.04 Å². The van der Waals surface area contributed by atoms with E-state index in [2.05, 4.69) is 15.5 Å². The van der Waals surface area contributed by atoms with Crippen molar-refractivity contribution in [3.8, 4) is 0 Å². The second-order valence-electron chi connectivity index (χ2n) is 4.28. The van der Waals surface area contributed by atoms with Crippen molar-refractivity contribution >= 4 is 0 Å². The van der Waals surface area contributed by atoms with Gasteiger partial charge in [-0.15, -0.1) is 0 Å². The lowest BCUT2D eigenvalue weighted by Gasteiger charge is -2.14. The normalized spacial score (nSPS) is 12.9. The predicted octanol–water partition coefficient (Wildman–Crippen LogP) is 1.25. The van der Waals surface area contributed by atoms with E-state index < -0.39 is 0 Å². The monoisotopic (exact) mass is 249 g/mol. The Morgan fingerprint density at radius 1 is 1.50 bits per heavy atom. The number of hydrazine groups is 1. The van der Waals surface area contributed by atoms with E-state index in [0.717, 1.165) is 29.5 Å². The van der Waals surface area contributed by atoms with Crippen molar-refractivity contribution in [3.05, 3.63) is 35.3 Å². The third kappa shape index (κ3) is 2.44. The van der Waals surface area contributed by atoms with E-state index in [1.807, 2.05) is 31.5 Å². The van der Waals surface area contributed by atoms with Gasteiger partial charge in [0.25, 0.3) is 0 Å². The van der Waals surface area contributed by atoms with Gasteiger partial charge in [0, 0.05) is 18.5 Å². The van der Waals surface area contributed by atoms with Gasteiger partial charge in [0.1, 0.15) is 23.7 Å². The Hall–Kier alpha value is -1.66. The van der Waals surface area contributed by atoms with E-state index in [4.69, 9.17) is 10.3 Å². The first kappa shape index (κ1) is 12.8. The third-order valence-electron chi connectivity index (χ3n) is 3.04. The summed E-state index contributed by atoms with van der Waals surface area (Å²) in [5, 5.41) is 4.16. The molecule has 0 aliphatic heterocycles. The molecule has 2 aromatic heterocycles. The third-order valence-corrected chi connectivity index (χ3v) is 3.04. The standard InChI is InChI=1S/C12H19N5O/c1-4-17-12(14-7-15-17)6-11(16-13)10-5-8(2)18-9(10)3/h5,7,11,16H,4,6,13H2,1-3H3. The van der Waals surface area contributed by atoms with Crippen LogP contribution in [0.4, 0.5) is 0 Å². The summed E-state index contributed by atoms with van der Waals surface area (Å²) < 4.78 is 7.40. The summed E-state index contributed by atoms with van der Waals surface area (Å²) in [6.45, 7) is 6.71. The molecule has 0 bridgehead atoms. The highest BCUT2D eigenvalue weighted by Crippen LogP contribution is 2.23. The lowest BCUT2D eigenvalue weighted by atomic mass is 10.0. The maximum atomic E-state index is 5.64. The van der Waals surface area contributed by atoms with Gasteiger partial charge in [-0.05, 0) is 26.8 Å². The molecule has 0 aliphatic rings. The Balaban J connectivity index is 2.22. The largest absolute Gasteiger partial charge is 0.466 e. The lowest BCUT2D eigenvalue weighted by molar-refractivity contribution is 0.475. The molecule has 6 nitrogen and oxygen atoms in total. The Morgan fingerprint density at radius 3 is 2.83 bits per heavy atom. The van der Waals surface area contributed by atoms with E-state index in [1.54, 1.807) is 6.33 Å². The first-order valence-corrected chi connectivity index (χ1v) is 6.05. The molecule has 0 radical (unpaired) electrons. The van der Waals surface area contributed by atoms with Crippen LogP contribution in [0.5, 0.6) is 0 Å². The highest BCUT2D eigenvalue weighted by Gasteiger charge is 2.18. The molecule has 3 N–H and O–H groups in total. The van der Waals surface area contributed by atoms with Gasteiger partial charge in [-0.25, -0.2) is 4.98 Å². The topological polar surface area (TPSA) is 81.9 Å². The first-order valence-electron chi connectivity index (χ1n) is 6.05. The Bertz CT molecular complexity index is 516. The average molecular weight is 249 g/mol. The van der Waals surface area contributed by atoms with Crippen LogP contribution in [0, 0.1) is 13.8 Å². The summed E-state index contributed by atoms with van der Waals surface area (Å²) in [6, 6.07) is 1.99. The molecule has 0 saturated carbocycles. The smallest absolute Gasteiger partial charge is 0.138 e. The Morgan fingerprint density at radius 2 is 2.28 bits per heavy atom. The summed E-state index contributed by atoms with van der Waals surface area (Å²) in [6.07, 6.45) is 2.25. The van der Waals surface area contributed by atoms with E-state index >= 15 is 0 Å². The minimum absolute atomic E-state index is 0.0167. The highest BCUT2D eigenvalue weighted by atomic mass is 16.3. The van der Waals surface area contributed by atoms with Gasteiger partial charge < -0.3 is 4.42 Å². The minimum Gasteiger partial charge on any atom is -0.466 e. The number of hydrogen-bond acceptors (Lipinski definition) is 5. The first-order chi connectivity index (χ1) is 8.65. The van der Waals surface area contributed by atoms with E-state index in [1.165, 1.54) is 0 Å². The van der Waals surface area contributed by atoms with Crippen LogP contribution in [0.15, 0.2) is 16.8 Å². The van der Waals surface area contributed by atoms with Gasteiger partial charge >= 0.3 is 0 Å². The number of nitrogens with two attached hydrogens (primary N) is 1. The molecule has 0 amide bonds. The van der Waals surface area contributed by atoms with Crippen LogP contribution in [0.3, 0.4) is 0 Å². The quantitative estimate of drug-likeness (QED) is 0.615. The van der Waals surface area contributed by atoms with Crippen LogP contribution in [-0.2, 0) is 13.0 Å². The van der Waals surface area contributed by atoms with Gasteiger partial charge in [-0.1, -0.05) is 0 Å². The zero-order chi connectivity index (χ0) is 13.1. The van der Waals surface area contributed by atoms with Gasteiger partial charge in [0.2, 0.25) is 0 Å². The minimum atomic E-state index is -0.0167. The molecule has 2 aromatic rings. The van der Waals surface area contributed by atoms with Gasteiger partial charge in [-0.3, -0.25) is 16.0 Å². The number of nitrogens with one attached hydrogen (secondary N) is 1. The molecule has 18 heavy (non-hydrogen) atoms. The summed E-state index contributed by atoms with van der Waals surface area (Å²) in [5.74, 6) is 8.33. The van der Waals surface area contributed by atoms with Crippen molar-refractivity contribution in [3.63, 3.8) is 0 Å². The number of rotatable bonds is 5. The maximum Gasteiger partial charge on any atom is 0.138 e. The SMILES string of the molecule is CCn1ncnc1CC(NN)c1cc(C)oc1C. The molecule has 2 rings (SSSR count). The summed E-state index contributed by atoms with van der Waals surface area (Å²) in [5.41, 5.74) is 3.89. The van der Waals surface area contributed by atoms with Crippen molar-refractivity contribution < 1.29 is 4.42 Å². The molecule has 0 aliphatic carbocycles. The van der Waals surface area contributed by atoms with Crippen molar-refractivity contribution in [1.29, 1.82) is 0 Å². The maximum absolute atomic E-state index is 5.64. The molecule has 0 spiro atoms. The fourth-order valence-electron chi connectivity index (χ4n) is 2.15. The molecule has 1 atom stereocenters. The van der Waals surface area contributed by atoms with Crippen molar-refractivity contribution in [2.45, 2.75) is 39.8 Å². The number of aryl methyl sites for hydroxylation is 3. The van der Waals surface area contributed by atoms with Crippen LogP contribution in [0.2, 0.25) is 0 Å². The summed E-state index contributed by atoms with van der Waals surface area (Å²) in [7, 11) is 0.